The number of aryl methyl sites for hydroxylation is 1. The average molecular weight is 381 g/mol. The van der Waals surface area contributed by atoms with Crippen molar-refractivity contribution in [3.05, 3.63) is 43.6 Å². The highest BCUT2D eigenvalue weighted by Gasteiger charge is 2.20. The van der Waals surface area contributed by atoms with Gasteiger partial charge in [-0.3, -0.25) is 0 Å². The first-order valence-electron chi connectivity index (χ1n) is 4.68. The molecule has 1 heterocycles. The molecule has 1 N–H and O–H groups in total. The number of nitrogens with zero attached hydrogens (tertiary/aromatic N) is 3. The molecule has 1 atom stereocenters. The minimum atomic E-state index is -0.824. The van der Waals surface area contributed by atoms with Crippen molar-refractivity contribution in [2.24, 2.45) is 7.05 Å². The van der Waals surface area contributed by atoms with Crippen LogP contribution in [0.15, 0.2) is 27.3 Å². The normalized spacial score (nSPS) is 12.8. The largest absolute Gasteiger partial charge is 0.382 e. The van der Waals surface area contributed by atoms with Gasteiger partial charge < -0.3 is 5.11 Å². The van der Waals surface area contributed by atoms with E-state index >= 15 is 0 Å². The third kappa shape index (κ3) is 2.54. The fourth-order valence-electron chi connectivity index (χ4n) is 1.47. The summed E-state index contributed by atoms with van der Waals surface area (Å²) < 4.78 is 2.83. The van der Waals surface area contributed by atoms with E-state index in [4.69, 9.17) is 11.6 Å². The Bertz CT molecular complexity index is 539. The molecule has 2 rings (SSSR count). The van der Waals surface area contributed by atoms with Crippen molar-refractivity contribution in [2.45, 2.75) is 6.10 Å². The van der Waals surface area contributed by atoms with Crippen LogP contribution in [0, 0.1) is 0 Å². The molecule has 0 spiro atoms. The minimum Gasteiger partial charge on any atom is -0.382 e. The lowest BCUT2D eigenvalue weighted by atomic mass is 10.1. The van der Waals surface area contributed by atoms with Gasteiger partial charge in [0.15, 0.2) is 4.60 Å². The van der Waals surface area contributed by atoms with Crippen LogP contribution >= 0.6 is 43.5 Å². The first-order chi connectivity index (χ1) is 8.00. The second kappa shape index (κ2) is 5.06. The number of rotatable bonds is 2. The fourth-order valence-corrected chi connectivity index (χ4v) is 2.45. The van der Waals surface area contributed by atoms with Crippen LogP contribution in [0.3, 0.4) is 0 Å². The predicted molar refractivity (Wildman–Crippen MR) is 71.9 cm³/mol. The average Bonchev–Trinajstić information content (AvgIpc) is 2.62. The molecule has 0 aliphatic rings. The van der Waals surface area contributed by atoms with Crippen molar-refractivity contribution in [1.29, 1.82) is 0 Å². The van der Waals surface area contributed by atoms with Crippen molar-refractivity contribution in [3.63, 3.8) is 0 Å². The smallest absolute Gasteiger partial charge is 0.154 e. The Morgan fingerprint density at radius 1 is 1.41 bits per heavy atom. The van der Waals surface area contributed by atoms with Gasteiger partial charge in [0, 0.05) is 11.5 Å². The summed E-state index contributed by atoms with van der Waals surface area (Å²) in [6.45, 7) is 0. The number of benzene rings is 1. The Hall–Kier alpha value is -0.430. The standard InChI is InChI=1S/C10H8Br2ClN3O/c1-16-8(10(12)14-15-16)9(17)5-2-3-6(11)7(13)4-5/h2-4,9,17H,1H3. The lowest BCUT2D eigenvalue weighted by Crippen LogP contribution is -2.07. The van der Waals surface area contributed by atoms with Crippen LogP contribution < -0.4 is 0 Å². The van der Waals surface area contributed by atoms with E-state index in [0.29, 0.717) is 20.9 Å². The maximum Gasteiger partial charge on any atom is 0.154 e. The van der Waals surface area contributed by atoms with E-state index in [-0.39, 0.29) is 0 Å². The molecule has 0 saturated heterocycles. The Morgan fingerprint density at radius 3 is 2.65 bits per heavy atom. The Labute approximate surface area is 120 Å². The van der Waals surface area contributed by atoms with Crippen LogP contribution in [-0.4, -0.2) is 20.1 Å². The van der Waals surface area contributed by atoms with Gasteiger partial charge in [-0.2, -0.15) is 0 Å². The zero-order valence-corrected chi connectivity index (χ0v) is 12.7. The number of aliphatic hydroxyl groups excluding tert-OH is 1. The third-order valence-electron chi connectivity index (χ3n) is 2.35. The van der Waals surface area contributed by atoms with Crippen molar-refractivity contribution < 1.29 is 5.11 Å². The maximum absolute atomic E-state index is 10.3. The summed E-state index contributed by atoms with van der Waals surface area (Å²) in [6.07, 6.45) is -0.824. The van der Waals surface area contributed by atoms with Crippen LogP contribution in [0.2, 0.25) is 5.02 Å². The molecule has 2 aromatic rings. The van der Waals surface area contributed by atoms with Crippen LogP contribution in [-0.2, 0) is 7.05 Å². The molecule has 1 aromatic carbocycles. The minimum absolute atomic E-state index is 0.520. The highest BCUT2D eigenvalue weighted by atomic mass is 79.9. The number of aliphatic hydroxyl groups is 1. The number of hydrogen-bond donors (Lipinski definition) is 1. The molecule has 0 saturated carbocycles. The van der Waals surface area contributed by atoms with Gasteiger partial charge in [-0.25, -0.2) is 4.68 Å². The van der Waals surface area contributed by atoms with Crippen LogP contribution in [0.25, 0.3) is 0 Å². The van der Waals surface area contributed by atoms with Crippen molar-refractivity contribution in [1.82, 2.24) is 15.0 Å². The van der Waals surface area contributed by atoms with Gasteiger partial charge in [0.2, 0.25) is 0 Å². The SMILES string of the molecule is Cn1nnc(Br)c1C(O)c1ccc(Br)c(Cl)c1. The topological polar surface area (TPSA) is 50.9 Å². The van der Waals surface area contributed by atoms with E-state index in [1.165, 1.54) is 4.68 Å². The summed E-state index contributed by atoms with van der Waals surface area (Å²) in [5.41, 5.74) is 1.27. The second-order valence-corrected chi connectivity index (χ2v) is 5.48. The van der Waals surface area contributed by atoms with Gasteiger partial charge in [-0.1, -0.05) is 22.9 Å². The van der Waals surface area contributed by atoms with E-state index in [0.717, 1.165) is 4.47 Å². The summed E-state index contributed by atoms with van der Waals surface area (Å²) in [4.78, 5) is 0. The summed E-state index contributed by atoms with van der Waals surface area (Å²) in [5, 5.41) is 18.5. The van der Waals surface area contributed by atoms with Gasteiger partial charge >= 0.3 is 0 Å². The van der Waals surface area contributed by atoms with E-state index in [9.17, 15) is 5.11 Å². The first kappa shape index (κ1) is 13.0. The monoisotopic (exact) mass is 379 g/mol. The molecule has 0 amide bonds. The van der Waals surface area contributed by atoms with Crippen LogP contribution in [0.4, 0.5) is 0 Å². The van der Waals surface area contributed by atoms with Crippen molar-refractivity contribution in [2.75, 3.05) is 0 Å². The lowest BCUT2D eigenvalue weighted by Gasteiger charge is -2.12. The summed E-state index contributed by atoms with van der Waals surface area (Å²) >= 11 is 12.5. The number of hydrogen-bond acceptors (Lipinski definition) is 3. The zero-order chi connectivity index (χ0) is 12.6. The maximum atomic E-state index is 10.3. The number of aromatic nitrogens is 3. The molecule has 0 bridgehead atoms. The molecule has 1 aromatic heterocycles. The molecular weight excluding hydrogens is 373 g/mol. The summed E-state index contributed by atoms with van der Waals surface area (Å²) in [5.74, 6) is 0. The van der Waals surface area contributed by atoms with Gasteiger partial charge in [0.1, 0.15) is 11.8 Å². The van der Waals surface area contributed by atoms with E-state index in [1.807, 2.05) is 0 Å². The zero-order valence-electron chi connectivity index (χ0n) is 8.73. The second-order valence-electron chi connectivity index (χ2n) is 3.47. The Balaban J connectivity index is 2.43. The predicted octanol–water partition coefficient (Wildman–Crippen LogP) is 3.08. The third-order valence-corrected chi connectivity index (χ3v) is 4.14. The molecule has 0 fully saturated rings. The van der Waals surface area contributed by atoms with E-state index < -0.39 is 6.10 Å². The fraction of sp³-hybridized carbons (Fsp3) is 0.200. The van der Waals surface area contributed by atoms with E-state index in [1.54, 1.807) is 25.2 Å². The molecule has 0 aliphatic carbocycles. The van der Waals surface area contributed by atoms with Gasteiger partial charge in [-0.15, -0.1) is 5.10 Å². The Kier molecular flexibility index (Phi) is 3.87. The molecule has 0 radical (unpaired) electrons. The molecule has 0 aliphatic heterocycles. The van der Waals surface area contributed by atoms with E-state index in [2.05, 4.69) is 42.2 Å². The highest BCUT2D eigenvalue weighted by Crippen LogP contribution is 2.30. The quantitative estimate of drug-likeness (QED) is 0.870. The van der Waals surface area contributed by atoms with Gasteiger partial charge in [0.05, 0.1) is 5.02 Å². The summed E-state index contributed by atoms with van der Waals surface area (Å²) in [7, 11) is 1.72. The molecule has 90 valence electrons. The lowest BCUT2D eigenvalue weighted by molar-refractivity contribution is 0.209. The van der Waals surface area contributed by atoms with Crippen molar-refractivity contribution in [3.8, 4) is 0 Å². The van der Waals surface area contributed by atoms with Crippen LogP contribution in [0.1, 0.15) is 17.4 Å². The molecular formula is C10H8Br2ClN3O. The van der Waals surface area contributed by atoms with Crippen molar-refractivity contribution >= 4 is 43.5 Å². The van der Waals surface area contributed by atoms with Gasteiger partial charge in [0.25, 0.3) is 0 Å². The highest BCUT2D eigenvalue weighted by molar-refractivity contribution is 9.10. The number of halogens is 3. The Morgan fingerprint density at radius 2 is 2.12 bits per heavy atom. The molecule has 1 unspecified atom stereocenters. The molecule has 7 heteroatoms. The molecule has 17 heavy (non-hydrogen) atoms. The molecule has 4 nitrogen and oxygen atoms in total. The summed E-state index contributed by atoms with van der Waals surface area (Å²) in [6, 6.07) is 5.29. The first-order valence-corrected chi connectivity index (χ1v) is 6.65. The van der Waals surface area contributed by atoms with Crippen LogP contribution in [0.5, 0.6) is 0 Å². The van der Waals surface area contributed by atoms with Gasteiger partial charge in [-0.05, 0) is 49.6 Å².